The molecule has 0 unspecified atom stereocenters. The minimum absolute atomic E-state index is 0.0836. The van der Waals surface area contributed by atoms with Gasteiger partial charge in [-0.15, -0.1) is 0 Å². The Bertz CT molecular complexity index is 918. The van der Waals surface area contributed by atoms with Crippen LogP contribution in [0, 0.1) is 5.82 Å². The minimum Gasteiger partial charge on any atom is -0.462 e. The minimum atomic E-state index is -4.39. The van der Waals surface area contributed by atoms with Crippen LogP contribution in [0.3, 0.4) is 0 Å². The highest BCUT2D eigenvalue weighted by molar-refractivity contribution is 7.87. The largest absolute Gasteiger partial charge is 0.462 e. The second-order valence-corrected chi connectivity index (χ2v) is 6.73. The molecule has 7 nitrogen and oxygen atoms in total. The van der Waals surface area contributed by atoms with Crippen LogP contribution in [0.5, 0.6) is 5.75 Å². The Hall–Kier alpha value is -2.94. The average molecular weight is 396 g/mol. The van der Waals surface area contributed by atoms with Crippen LogP contribution in [0.1, 0.15) is 34.6 Å². The van der Waals surface area contributed by atoms with E-state index >= 15 is 0 Å². The highest BCUT2D eigenvalue weighted by atomic mass is 32.2. The first-order valence-corrected chi connectivity index (χ1v) is 9.37. The first-order valence-electron chi connectivity index (χ1n) is 7.96. The molecule has 0 radical (unpaired) electrons. The van der Waals surface area contributed by atoms with Gasteiger partial charge in [0.25, 0.3) is 0 Å². The van der Waals surface area contributed by atoms with Crippen LogP contribution in [-0.2, 0) is 19.6 Å². The molecule has 0 saturated heterocycles. The van der Waals surface area contributed by atoms with E-state index in [0.717, 1.165) is 30.3 Å². The highest BCUT2D eigenvalue weighted by Gasteiger charge is 2.21. The maximum Gasteiger partial charge on any atom is 0.339 e. The number of halogens is 1. The van der Waals surface area contributed by atoms with Crippen molar-refractivity contribution < 1.29 is 36.1 Å². The monoisotopic (exact) mass is 396 g/mol. The molecule has 0 amide bonds. The Morgan fingerprint density at radius 1 is 0.926 bits per heavy atom. The van der Waals surface area contributed by atoms with Crippen LogP contribution < -0.4 is 4.18 Å². The van der Waals surface area contributed by atoms with Crippen LogP contribution in [-0.4, -0.2) is 33.6 Å². The molecule has 144 valence electrons. The van der Waals surface area contributed by atoms with Crippen molar-refractivity contribution in [2.24, 2.45) is 0 Å². The lowest BCUT2D eigenvalue weighted by Gasteiger charge is -2.11. The predicted molar refractivity (Wildman–Crippen MR) is 92.6 cm³/mol. The molecule has 9 heteroatoms. The summed E-state index contributed by atoms with van der Waals surface area (Å²) in [5.41, 5.74) is -0.182. The Kier molecular flexibility index (Phi) is 6.51. The molecule has 0 aliphatic heterocycles. The molecular formula is C18H17FO7S. The normalized spacial score (nSPS) is 10.9. The zero-order valence-electron chi connectivity index (χ0n) is 14.6. The van der Waals surface area contributed by atoms with Crippen LogP contribution in [0.4, 0.5) is 4.39 Å². The van der Waals surface area contributed by atoms with E-state index in [1.165, 1.54) is 12.1 Å². The van der Waals surface area contributed by atoms with Gasteiger partial charge >= 0.3 is 22.1 Å². The molecule has 2 rings (SSSR count). The zero-order chi connectivity index (χ0) is 20.0. The summed E-state index contributed by atoms with van der Waals surface area (Å²) >= 11 is 0. The van der Waals surface area contributed by atoms with E-state index in [1.807, 2.05) is 0 Å². The van der Waals surface area contributed by atoms with Crippen molar-refractivity contribution in [2.75, 3.05) is 13.2 Å². The predicted octanol–water partition coefficient (Wildman–Crippen LogP) is 2.95. The Labute approximate surface area is 155 Å². The molecule has 0 spiro atoms. The van der Waals surface area contributed by atoms with Crippen molar-refractivity contribution in [1.29, 1.82) is 0 Å². The van der Waals surface area contributed by atoms with Gasteiger partial charge in [-0.3, -0.25) is 0 Å². The summed E-state index contributed by atoms with van der Waals surface area (Å²) in [7, 11) is -4.39. The van der Waals surface area contributed by atoms with Crippen molar-refractivity contribution >= 4 is 22.1 Å². The molecule has 0 aliphatic carbocycles. The molecule has 0 aliphatic rings. The topological polar surface area (TPSA) is 96.0 Å². The molecule has 2 aromatic carbocycles. The second-order valence-electron chi connectivity index (χ2n) is 5.18. The molecule has 0 aromatic heterocycles. The molecule has 0 fully saturated rings. The maximum atomic E-state index is 13.3. The lowest BCUT2D eigenvalue weighted by molar-refractivity contribution is 0.0524. The Morgan fingerprint density at radius 2 is 1.48 bits per heavy atom. The third-order valence-corrected chi connectivity index (χ3v) is 4.46. The molecule has 0 atom stereocenters. The number of hydrogen-bond acceptors (Lipinski definition) is 7. The second kappa shape index (κ2) is 8.63. The molecule has 0 N–H and O–H groups in total. The van der Waals surface area contributed by atoms with Gasteiger partial charge < -0.3 is 13.7 Å². The van der Waals surface area contributed by atoms with E-state index in [2.05, 4.69) is 0 Å². The van der Waals surface area contributed by atoms with Gasteiger partial charge in [0, 0.05) is 0 Å². The summed E-state index contributed by atoms with van der Waals surface area (Å²) in [5.74, 6) is -2.60. The SMILES string of the molecule is CCOC(=O)c1cc(OS(=O)(=O)c2cccc(F)c2)cc(C(=O)OCC)c1. The summed E-state index contributed by atoms with van der Waals surface area (Å²) < 4.78 is 52.7. The number of ether oxygens (including phenoxy) is 2. The molecule has 2 aromatic rings. The van der Waals surface area contributed by atoms with Gasteiger partial charge in [-0.25, -0.2) is 14.0 Å². The number of hydrogen-bond donors (Lipinski definition) is 0. The molecular weight excluding hydrogens is 379 g/mol. The van der Waals surface area contributed by atoms with Crippen LogP contribution in [0.2, 0.25) is 0 Å². The van der Waals surface area contributed by atoms with E-state index < -0.39 is 32.8 Å². The standard InChI is InChI=1S/C18H17FO7S/c1-3-24-17(20)12-8-13(18(21)25-4-2)10-15(9-12)26-27(22,23)16-7-5-6-14(19)11-16/h5-11H,3-4H2,1-2H3. The van der Waals surface area contributed by atoms with Gasteiger partial charge in [-0.2, -0.15) is 8.42 Å². The van der Waals surface area contributed by atoms with Crippen LogP contribution in [0.15, 0.2) is 47.4 Å². The summed E-state index contributed by atoms with van der Waals surface area (Å²) in [6.45, 7) is 3.36. The highest BCUT2D eigenvalue weighted by Crippen LogP contribution is 2.23. The number of esters is 2. The number of benzene rings is 2. The van der Waals surface area contributed by atoms with Crippen molar-refractivity contribution in [3.8, 4) is 5.75 Å². The Morgan fingerprint density at radius 3 is 1.96 bits per heavy atom. The molecule has 27 heavy (non-hydrogen) atoms. The molecule has 0 bridgehead atoms. The van der Waals surface area contributed by atoms with Gasteiger partial charge in [0.2, 0.25) is 0 Å². The van der Waals surface area contributed by atoms with Gasteiger partial charge in [0.05, 0.1) is 24.3 Å². The van der Waals surface area contributed by atoms with Gasteiger partial charge in [0.15, 0.2) is 0 Å². The number of rotatable bonds is 7. The summed E-state index contributed by atoms with van der Waals surface area (Å²) in [5, 5.41) is 0. The quantitative estimate of drug-likeness (QED) is 0.524. The van der Waals surface area contributed by atoms with Crippen molar-refractivity contribution in [1.82, 2.24) is 0 Å². The van der Waals surface area contributed by atoms with Crippen molar-refractivity contribution in [3.63, 3.8) is 0 Å². The third-order valence-electron chi connectivity index (χ3n) is 3.22. The van der Waals surface area contributed by atoms with E-state index in [9.17, 15) is 22.4 Å². The van der Waals surface area contributed by atoms with Gasteiger partial charge in [0.1, 0.15) is 16.5 Å². The lowest BCUT2D eigenvalue weighted by atomic mass is 10.1. The van der Waals surface area contributed by atoms with E-state index in [1.54, 1.807) is 13.8 Å². The van der Waals surface area contributed by atoms with E-state index in [0.29, 0.717) is 0 Å². The summed E-state index contributed by atoms with van der Waals surface area (Å²) in [6, 6.07) is 7.66. The average Bonchev–Trinajstić information content (AvgIpc) is 2.61. The van der Waals surface area contributed by atoms with Crippen molar-refractivity contribution in [3.05, 3.63) is 59.4 Å². The Balaban J connectivity index is 2.45. The lowest BCUT2D eigenvalue weighted by Crippen LogP contribution is -2.13. The van der Waals surface area contributed by atoms with Crippen LogP contribution >= 0.6 is 0 Å². The van der Waals surface area contributed by atoms with Gasteiger partial charge in [-0.05, 0) is 50.2 Å². The van der Waals surface area contributed by atoms with Crippen molar-refractivity contribution in [2.45, 2.75) is 18.7 Å². The maximum absolute atomic E-state index is 13.3. The zero-order valence-corrected chi connectivity index (χ0v) is 15.4. The third kappa shape index (κ3) is 5.27. The van der Waals surface area contributed by atoms with E-state index in [4.69, 9.17) is 13.7 Å². The fourth-order valence-electron chi connectivity index (χ4n) is 2.11. The molecule has 0 heterocycles. The van der Waals surface area contributed by atoms with Gasteiger partial charge in [-0.1, -0.05) is 6.07 Å². The summed E-state index contributed by atoms with van der Waals surface area (Å²) in [4.78, 5) is 23.5. The fraction of sp³-hybridized carbons (Fsp3) is 0.222. The molecule has 0 saturated carbocycles. The first-order chi connectivity index (χ1) is 12.8. The number of carbonyl (C=O) groups is 2. The van der Waals surface area contributed by atoms with E-state index in [-0.39, 0.29) is 30.1 Å². The smallest absolute Gasteiger partial charge is 0.339 e. The fourth-order valence-corrected chi connectivity index (χ4v) is 3.06. The van der Waals surface area contributed by atoms with Crippen LogP contribution in [0.25, 0.3) is 0 Å². The number of carbonyl (C=O) groups excluding carboxylic acids is 2. The summed E-state index contributed by atoms with van der Waals surface area (Å²) in [6.07, 6.45) is 0. The first kappa shape index (κ1) is 20.4.